The molecule has 0 N–H and O–H groups in total. The van der Waals surface area contributed by atoms with Crippen LogP contribution < -0.4 is 4.74 Å². The minimum atomic E-state index is 0.136. The van der Waals surface area contributed by atoms with Gasteiger partial charge in [0.1, 0.15) is 5.75 Å². The lowest BCUT2D eigenvalue weighted by atomic mass is 9.82. The standard InChI is InChI=1S/C18H19ClO2/c1-4-18(2,3)14-8-10-15(11-9-14)21-17-13(12-20)6-5-7-16(17)19/h5-12H,4H2,1-3H3. The smallest absolute Gasteiger partial charge is 0.156 e. The summed E-state index contributed by atoms with van der Waals surface area (Å²) in [5.74, 6) is 1.07. The summed E-state index contributed by atoms with van der Waals surface area (Å²) in [6, 6.07) is 13.0. The lowest BCUT2D eigenvalue weighted by Crippen LogP contribution is -2.14. The van der Waals surface area contributed by atoms with Gasteiger partial charge in [-0.1, -0.05) is 50.6 Å². The predicted molar refractivity (Wildman–Crippen MR) is 86.7 cm³/mol. The molecule has 0 spiro atoms. The number of rotatable bonds is 5. The van der Waals surface area contributed by atoms with E-state index in [9.17, 15) is 4.79 Å². The summed E-state index contributed by atoms with van der Waals surface area (Å²) >= 11 is 6.10. The molecule has 3 heteroatoms. The third-order valence-corrected chi connectivity index (χ3v) is 4.16. The van der Waals surface area contributed by atoms with Crippen molar-refractivity contribution in [3.8, 4) is 11.5 Å². The quantitative estimate of drug-likeness (QED) is 0.669. The molecule has 0 aromatic heterocycles. The van der Waals surface area contributed by atoms with Crippen LogP contribution in [0.1, 0.15) is 43.1 Å². The van der Waals surface area contributed by atoms with Crippen LogP contribution in [0.4, 0.5) is 0 Å². The zero-order valence-corrected chi connectivity index (χ0v) is 13.3. The summed E-state index contributed by atoms with van der Waals surface area (Å²) in [7, 11) is 0. The lowest BCUT2D eigenvalue weighted by molar-refractivity contribution is 0.112. The monoisotopic (exact) mass is 302 g/mol. The van der Waals surface area contributed by atoms with Gasteiger partial charge in [-0.25, -0.2) is 0 Å². The average Bonchev–Trinajstić information content (AvgIpc) is 2.50. The predicted octanol–water partition coefficient (Wildman–Crippen LogP) is 5.63. The highest BCUT2D eigenvalue weighted by molar-refractivity contribution is 6.32. The van der Waals surface area contributed by atoms with Gasteiger partial charge in [-0.15, -0.1) is 0 Å². The van der Waals surface area contributed by atoms with Crippen molar-refractivity contribution < 1.29 is 9.53 Å². The number of hydrogen-bond acceptors (Lipinski definition) is 2. The van der Waals surface area contributed by atoms with Gasteiger partial charge in [-0.05, 0) is 41.7 Å². The first-order valence-corrected chi connectivity index (χ1v) is 7.38. The Morgan fingerprint density at radius 3 is 2.38 bits per heavy atom. The largest absolute Gasteiger partial charge is 0.455 e. The van der Waals surface area contributed by atoms with Gasteiger partial charge in [0.15, 0.2) is 12.0 Å². The van der Waals surface area contributed by atoms with Gasteiger partial charge in [-0.2, -0.15) is 0 Å². The summed E-state index contributed by atoms with van der Waals surface area (Å²) in [5.41, 5.74) is 1.84. The molecule has 0 fully saturated rings. The van der Waals surface area contributed by atoms with Crippen molar-refractivity contribution >= 4 is 17.9 Å². The molecular formula is C18H19ClO2. The minimum absolute atomic E-state index is 0.136. The van der Waals surface area contributed by atoms with Crippen molar-refractivity contribution in [3.05, 3.63) is 58.6 Å². The van der Waals surface area contributed by atoms with E-state index < -0.39 is 0 Å². The van der Waals surface area contributed by atoms with Crippen molar-refractivity contribution in [2.45, 2.75) is 32.6 Å². The van der Waals surface area contributed by atoms with E-state index in [1.54, 1.807) is 18.2 Å². The van der Waals surface area contributed by atoms with Crippen LogP contribution in [0, 0.1) is 0 Å². The molecule has 0 aliphatic heterocycles. The summed E-state index contributed by atoms with van der Waals surface area (Å²) in [6.45, 7) is 6.59. The van der Waals surface area contributed by atoms with Crippen molar-refractivity contribution in [3.63, 3.8) is 0 Å². The Labute approximate surface area is 130 Å². The van der Waals surface area contributed by atoms with E-state index >= 15 is 0 Å². The molecule has 2 aromatic rings. The summed E-state index contributed by atoms with van der Waals surface area (Å²) in [6.07, 6.45) is 1.81. The maximum absolute atomic E-state index is 11.1. The van der Waals surface area contributed by atoms with E-state index in [0.29, 0.717) is 22.1 Å². The second-order valence-corrected chi connectivity index (χ2v) is 6.05. The second-order valence-electron chi connectivity index (χ2n) is 5.64. The molecule has 2 rings (SSSR count). The number of benzene rings is 2. The van der Waals surface area contributed by atoms with Gasteiger partial charge < -0.3 is 4.74 Å². The Morgan fingerprint density at radius 2 is 1.81 bits per heavy atom. The zero-order chi connectivity index (χ0) is 15.5. The van der Waals surface area contributed by atoms with Gasteiger partial charge in [0, 0.05) is 0 Å². The van der Waals surface area contributed by atoms with E-state index in [4.69, 9.17) is 16.3 Å². The number of carbonyl (C=O) groups excluding carboxylic acids is 1. The third-order valence-electron chi connectivity index (χ3n) is 3.86. The van der Waals surface area contributed by atoms with Crippen LogP contribution in [0.2, 0.25) is 5.02 Å². The third kappa shape index (κ3) is 3.45. The SMILES string of the molecule is CCC(C)(C)c1ccc(Oc2c(Cl)cccc2C=O)cc1. The molecule has 0 atom stereocenters. The maximum Gasteiger partial charge on any atom is 0.156 e. The highest BCUT2D eigenvalue weighted by Crippen LogP contribution is 2.33. The van der Waals surface area contributed by atoms with E-state index in [1.807, 2.05) is 12.1 Å². The molecule has 0 amide bonds. The van der Waals surface area contributed by atoms with E-state index in [2.05, 4.69) is 32.9 Å². The summed E-state index contributed by atoms with van der Waals surface area (Å²) in [4.78, 5) is 11.1. The molecule has 2 aromatic carbocycles. The first-order chi connectivity index (χ1) is 9.97. The highest BCUT2D eigenvalue weighted by Gasteiger charge is 2.18. The molecule has 2 nitrogen and oxygen atoms in total. The lowest BCUT2D eigenvalue weighted by Gasteiger charge is -2.23. The number of ether oxygens (including phenoxy) is 1. The molecule has 0 aliphatic rings. The molecule has 0 aliphatic carbocycles. The van der Waals surface area contributed by atoms with Crippen LogP contribution in [0.15, 0.2) is 42.5 Å². The van der Waals surface area contributed by atoms with Crippen molar-refractivity contribution in [1.29, 1.82) is 0 Å². The Kier molecular flexibility index (Phi) is 4.69. The van der Waals surface area contributed by atoms with Gasteiger partial charge in [0.05, 0.1) is 10.6 Å². The first-order valence-electron chi connectivity index (χ1n) is 7.00. The molecule has 0 bridgehead atoms. The van der Waals surface area contributed by atoms with E-state index in [-0.39, 0.29) is 5.41 Å². The van der Waals surface area contributed by atoms with Gasteiger partial charge in [-0.3, -0.25) is 4.79 Å². The Hall–Kier alpha value is -1.80. The van der Waals surface area contributed by atoms with Crippen LogP contribution in [0.3, 0.4) is 0 Å². The Morgan fingerprint density at radius 1 is 1.14 bits per heavy atom. The summed E-state index contributed by atoms with van der Waals surface area (Å²) in [5, 5.41) is 0.428. The van der Waals surface area contributed by atoms with Crippen LogP contribution in [-0.2, 0) is 5.41 Å². The zero-order valence-electron chi connectivity index (χ0n) is 12.5. The van der Waals surface area contributed by atoms with Crippen LogP contribution in [0.5, 0.6) is 11.5 Å². The number of carbonyl (C=O) groups is 1. The molecule has 0 saturated carbocycles. The van der Waals surface area contributed by atoms with E-state index in [0.717, 1.165) is 12.7 Å². The number of halogens is 1. The van der Waals surface area contributed by atoms with Crippen molar-refractivity contribution in [2.75, 3.05) is 0 Å². The average molecular weight is 303 g/mol. The molecule has 21 heavy (non-hydrogen) atoms. The fraction of sp³-hybridized carbons (Fsp3) is 0.278. The fourth-order valence-electron chi connectivity index (χ4n) is 2.02. The van der Waals surface area contributed by atoms with Crippen LogP contribution in [-0.4, -0.2) is 6.29 Å². The Balaban J connectivity index is 2.28. The summed E-state index contributed by atoms with van der Waals surface area (Å²) < 4.78 is 5.77. The normalized spacial score (nSPS) is 11.2. The molecule has 110 valence electrons. The number of hydrogen-bond donors (Lipinski definition) is 0. The van der Waals surface area contributed by atoms with E-state index in [1.165, 1.54) is 5.56 Å². The molecular weight excluding hydrogens is 284 g/mol. The molecule has 0 unspecified atom stereocenters. The number of para-hydroxylation sites is 1. The molecule has 0 radical (unpaired) electrons. The minimum Gasteiger partial charge on any atom is -0.455 e. The topological polar surface area (TPSA) is 26.3 Å². The van der Waals surface area contributed by atoms with Crippen LogP contribution >= 0.6 is 11.6 Å². The first kappa shape index (κ1) is 15.6. The van der Waals surface area contributed by atoms with Crippen LogP contribution in [0.25, 0.3) is 0 Å². The number of aldehydes is 1. The molecule has 0 saturated heterocycles. The molecule has 0 heterocycles. The fourth-order valence-corrected chi connectivity index (χ4v) is 2.24. The second kappa shape index (κ2) is 6.31. The van der Waals surface area contributed by atoms with Gasteiger partial charge >= 0.3 is 0 Å². The van der Waals surface area contributed by atoms with Gasteiger partial charge in [0.2, 0.25) is 0 Å². The van der Waals surface area contributed by atoms with Crippen molar-refractivity contribution in [1.82, 2.24) is 0 Å². The Bertz CT molecular complexity index is 630. The highest BCUT2D eigenvalue weighted by atomic mass is 35.5. The van der Waals surface area contributed by atoms with Crippen molar-refractivity contribution in [2.24, 2.45) is 0 Å². The van der Waals surface area contributed by atoms with Gasteiger partial charge in [0.25, 0.3) is 0 Å². The maximum atomic E-state index is 11.1.